The van der Waals surface area contributed by atoms with E-state index in [-0.39, 0.29) is 5.92 Å². The average molecular weight is 287 g/mol. The lowest BCUT2D eigenvalue weighted by atomic mass is 9.80. The molecule has 21 heavy (non-hydrogen) atoms. The van der Waals surface area contributed by atoms with Crippen LogP contribution in [0.1, 0.15) is 56.1 Å². The highest BCUT2D eigenvalue weighted by atomic mass is 16.4. The lowest BCUT2D eigenvalue weighted by Gasteiger charge is -2.36. The number of hydrogen-bond acceptors (Lipinski definition) is 2. The zero-order chi connectivity index (χ0) is 14.8. The second kappa shape index (κ2) is 6.18. The lowest BCUT2D eigenvalue weighted by molar-refractivity contribution is -0.144. The van der Waals surface area contributed by atoms with Crippen LogP contribution in [0.15, 0.2) is 24.3 Å². The van der Waals surface area contributed by atoms with Gasteiger partial charge in [0.05, 0.1) is 5.92 Å². The molecular weight excluding hydrogens is 262 g/mol. The molecule has 3 nitrogen and oxygen atoms in total. The van der Waals surface area contributed by atoms with Crippen LogP contribution in [0.25, 0.3) is 0 Å². The molecule has 2 unspecified atom stereocenters. The van der Waals surface area contributed by atoms with Gasteiger partial charge in [-0.2, -0.15) is 0 Å². The Kier molecular flexibility index (Phi) is 4.29. The molecule has 3 rings (SSSR count). The Hall–Kier alpha value is -1.35. The minimum atomic E-state index is -0.646. The number of carboxylic acids is 1. The second-order valence-electron chi connectivity index (χ2n) is 6.76. The molecule has 0 amide bonds. The van der Waals surface area contributed by atoms with Crippen LogP contribution < -0.4 is 0 Å². The van der Waals surface area contributed by atoms with Gasteiger partial charge in [-0.3, -0.25) is 9.69 Å². The molecule has 2 fully saturated rings. The Morgan fingerprint density at radius 3 is 2.48 bits per heavy atom. The summed E-state index contributed by atoms with van der Waals surface area (Å²) in [6.07, 6.45) is 5.84. The Morgan fingerprint density at radius 1 is 1.19 bits per heavy atom. The molecule has 1 heterocycles. The van der Waals surface area contributed by atoms with E-state index in [4.69, 9.17) is 0 Å². The van der Waals surface area contributed by atoms with Crippen LogP contribution in [0.2, 0.25) is 0 Å². The maximum atomic E-state index is 11.2. The van der Waals surface area contributed by atoms with Gasteiger partial charge in [-0.25, -0.2) is 0 Å². The number of carbonyl (C=O) groups is 1. The SMILES string of the molecule is CC1CCC(C(=O)O)CN1Cc1ccc(C2CCC2)cc1. The first kappa shape index (κ1) is 14.6. The van der Waals surface area contributed by atoms with Crippen molar-refractivity contribution in [2.24, 2.45) is 5.92 Å². The van der Waals surface area contributed by atoms with Crippen LogP contribution in [-0.2, 0) is 11.3 Å². The van der Waals surface area contributed by atoms with Crippen molar-refractivity contribution in [2.45, 2.75) is 57.5 Å². The third-order valence-corrected chi connectivity index (χ3v) is 5.30. The third-order valence-electron chi connectivity index (χ3n) is 5.30. The molecule has 1 aliphatic heterocycles. The first-order chi connectivity index (χ1) is 10.1. The first-order valence-corrected chi connectivity index (χ1v) is 8.19. The van der Waals surface area contributed by atoms with Crippen molar-refractivity contribution in [2.75, 3.05) is 6.54 Å². The molecule has 1 saturated carbocycles. The Balaban J connectivity index is 1.62. The predicted octanol–water partition coefficient (Wildman–Crippen LogP) is 3.64. The molecular formula is C18H25NO2. The van der Waals surface area contributed by atoms with Gasteiger partial charge in [0, 0.05) is 19.1 Å². The monoisotopic (exact) mass is 287 g/mol. The third kappa shape index (κ3) is 3.29. The largest absolute Gasteiger partial charge is 0.481 e. The van der Waals surface area contributed by atoms with E-state index in [0.29, 0.717) is 12.6 Å². The summed E-state index contributed by atoms with van der Waals surface area (Å²) in [4.78, 5) is 13.5. The fourth-order valence-electron chi connectivity index (χ4n) is 3.47. The van der Waals surface area contributed by atoms with E-state index in [9.17, 15) is 9.90 Å². The number of carboxylic acid groups (broad SMARTS) is 1. The molecule has 0 bridgehead atoms. The molecule has 114 valence electrons. The fraction of sp³-hybridized carbons (Fsp3) is 0.611. The number of piperidine rings is 1. The van der Waals surface area contributed by atoms with E-state index < -0.39 is 5.97 Å². The molecule has 3 heteroatoms. The second-order valence-corrected chi connectivity index (χ2v) is 6.76. The molecule has 1 aromatic carbocycles. The maximum absolute atomic E-state index is 11.2. The predicted molar refractivity (Wildman–Crippen MR) is 83.3 cm³/mol. The van der Waals surface area contributed by atoms with Crippen molar-refractivity contribution in [3.63, 3.8) is 0 Å². The van der Waals surface area contributed by atoms with Crippen LogP contribution in [0.3, 0.4) is 0 Å². The summed E-state index contributed by atoms with van der Waals surface area (Å²) >= 11 is 0. The highest BCUT2D eigenvalue weighted by Crippen LogP contribution is 2.36. The number of nitrogens with zero attached hydrogens (tertiary/aromatic N) is 1. The Bertz CT molecular complexity index is 492. The van der Waals surface area contributed by atoms with Crippen molar-refractivity contribution >= 4 is 5.97 Å². The summed E-state index contributed by atoms with van der Waals surface area (Å²) < 4.78 is 0. The minimum absolute atomic E-state index is 0.199. The molecule has 2 aliphatic rings. The van der Waals surface area contributed by atoms with Gasteiger partial charge in [0.25, 0.3) is 0 Å². The zero-order valence-corrected chi connectivity index (χ0v) is 12.8. The normalized spacial score (nSPS) is 27.3. The summed E-state index contributed by atoms with van der Waals surface area (Å²) in [5.41, 5.74) is 2.77. The molecule has 0 aromatic heterocycles. The van der Waals surface area contributed by atoms with Crippen molar-refractivity contribution in [1.82, 2.24) is 4.90 Å². The van der Waals surface area contributed by atoms with Crippen LogP contribution in [0, 0.1) is 5.92 Å². The smallest absolute Gasteiger partial charge is 0.307 e. The van der Waals surface area contributed by atoms with Gasteiger partial charge < -0.3 is 5.11 Å². The van der Waals surface area contributed by atoms with Gasteiger partial charge in [0.15, 0.2) is 0 Å². The molecule has 1 aromatic rings. The first-order valence-electron chi connectivity index (χ1n) is 8.19. The summed E-state index contributed by atoms with van der Waals surface area (Å²) in [7, 11) is 0. The average Bonchev–Trinajstić information content (AvgIpc) is 2.41. The van der Waals surface area contributed by atoms with Gasteiger partial charge in [0.1, 0.15) is 0 Å². The summed E-state index contributed by atoms with van der Waals surface area (Å²) in [6.45, 7) is 3.76. The van der Waals surface area contributed by atoms with E-state index in [2.05, 4.69) is 36.1 Å². The lowest BCUT2D eigenvalue weighted by Crippen LogP contribution is -2.43. The van der Waals surface area contributed by atoms with Crippen LogP contribution >= 0.6 is 0 Å². The quantitative estimate of drug-likeness (QED) is 0.919. The summed E-state index contributed by atoms with van der Waals surface area (Å²) in [5.74, 6) is -0.0629. The van der Waals surface area contributed by atoms with E-state index in [1.54, 1.807) is 0 Å². The summed E-state index contributed by atoms with van der Waals surface area (Å²) in [5, 5.41) is 9.21. The number of benzene rings is 1. The van der Waals surface area contributed by atoms with Crippen LogP contribution in [0.4, 0.5) is 0 Å². The van der Waals surface area contributed by atoms with Crippen molar-refractivity contribution in [3.8, 4) is 0 Å². The molecule has 1 saturated heterocycles. The van der Waals surface area contributed by atoms with Crippen molar-refractivity contribution in [1.29, 1.82) is 0 Å². The van der Waals surface area contributed by atoms with Gasteiger partial charge in [-0.05, 0) is 49.7 Å². The Morgan fingerprint density at radius 2 is 1.90 bits per heavy atom. The number of rotatable bonds is 4. The number of aliphatic carboxylic acids is 1. The molecule has 0 radical (unpaired) electrons. The van der Waals surface area contributed by atoms with Crippen LogP contribution in [0.5, 0.6) is 0 Å². The highest BCUT2D eigenvalue weighted by molar-refractivity contribution is 5.70. The number of likely N-dealkylation sites (tertiary alicyclic amines) is 1. The summed E-state index contributed by atoms with van der Waals surface area (Å²) in [6, 6.07) is 9.47. The van der Waals surface area contributed by atoms with Gasteiger partial charge in [-0.1, -0.05) is 30.7 Å². The van der Waals surface area contributed by atoms with E-state index in [1.165, 1.54) is 30.4 Å². The van der Waals surface area contributed by atoms with Gasteiger partial charge in [-0.15, -0.1) is 0 Å². The molecule has 1 aliphatic carbocycles. The van der Waals surface area contributed by atoms with Crippen LogP contribution in [-0.4, -0.2) is 28.6 Å². The van der Waals surface area contributed by atoms with Gasteiger partial charge in [0.2, 0.25) is 0 Å². The molecule has 2 atom stereocenters. The van der Waals surface area contributed by atoms with E-state index in [0.717, 1.165) is 25.3 Å². The van der Waals surface area contributed by atoms with E-state index >= 15 is 0 Å². The highest BCUT2D eigenvalue weighted by Gasteiger charge is 2.29. The maximum Gasteiger partial charge on any atom is 0.307 e. The zero-order valence-electron chi connectivity index (χ0n) is 12.8. The molecule has 1 N–H and O–H groups in total. The standard InChI is InChI=1S/C18H25NO2/c1-13-5-8-17(18(20)21)12-19(13)11-14-6-9-16(10-7-14)15-3-2-4-15/h6-7,9-10,13,15,17H,2-5,8,11-12H2,1H3,(H,20,21). The fourth-order valence-corrected chi connectivity index (χ4v) is 3.47. The molecule has 0 spiro atoms. The minimum Gasteiger partial charge on any atom is -0.481 e. The number of hydrogen-bond donors (Lipinski definition) is 1. The van der Waals surface area contributed by atoms with E-state index in [1.807, 2.05) is 0 Å². The van der Waals surface area contributed by atoms with Crippen molar-refractivity contribution < 1.29 is 9.90 Å². The topological polar surface area (TPSA) is 40.5 Å². The van der Waals surface area contributed by atoms with Crippen molar-refractivity contribution in [3.05, 3.63) is 35.4 Å². The van der Waals surface area contributed by atoms with Gasteiger partial charge >= 0.3 is 5.97 Å². The Labute approximate surface area is 127 Å².